The first-order valence-electron chi connectivity index (χ1n) is 5.46. The van der Waals surface area contributed by atoms with Gasteiger partial charge in [0.25, 0.3) is 0 Å². The molecule has 1 N–H and O–H groups in total. The van der Waals surface area contributed by atoms with E-state index in [1.807, 2.05) is 19.1 Å². The summed E-state index contributed by atoms with van der Waals surface area (Å²) in [7, 11) is 0. The summed E-state index contributed by atoms with van der Waals surface area (Å²) >= 11 is 0. The van der Waals surface area contributed by atoms with E-state index in [4.69, 9.17) is 10.00 Å². The SMILES string of the molecule is Cc1cc(O)cc(OCc2ccnc(C#N)c2)c1. The highest BCUT2D eigenvalue weighted by Crippen LogP contribution is 2.22. The number of aromatic nitrogens is 1. The van der Waals surface area contributed by atoms with Crippen LogP contribution in [0.2, 0.25) is 0 Å². The number of rotatable bonds is 3. The number of nitriles is 1. The van der Waals surface area contributed by atoms with Crippen molar-refractivity contribution in [2.24, 2.45) is 0 Å². The third kappa shape index (κ3) is 2.98. The van der Waals surface area contributed by atoms with Gasteiger partial charge in [0.15, 0.2) is 0 Å². The van der Waals surface area contributed by atoms with Crippen molar-refractivity contribution < 1.29 is 9.84 Å². The number of hydrogen-bond donors (Lipinski definition) is 1. The number of phenolic OH excluding ortho intramolecular Hbond substituents is 1. The van der Waals surface area contributed by atoms with Crippen molar-refractivity contribution in [3.05, 3.63) is 53.3 Å². The van der Waals surface area contributed by atoms with Crippen molar-refractivity contribution in [3.8, 4) is 17.6 Å². The summed E-state index contributed by atoms with van der Waals surface area (Å²) in [6, 6.07) is 10.5. The second kappa shape index (κ2) is 5.19. The van der Waals surface area contributed by atoms with E-state index in [0.717, 1.165) is 11.1 Å². The standard InChI is InChI=1S/C14H12N2O2/c1-10-4-13(17)7-14(5-10)18-9-11-2-3-16-12(6-11)8-15/h2-7,17H,9H2,1H3. The fraction of sp³-hybridized carbons (Fsp3) is 0.143. The van der Waals surface area contributed by atoms with Gasteiger partial charge in [-0.15, -0.1) is 0 Å². The Kier molecular flexibility index (Phi) is 3.44. The number of hydrogen-bond acceptors (Lipinski definition) is 4. The van der Waals surface area contributed by atoms with Gasteiger partial charge >= 0.3 is 0 Å². The molecule has 0 aliphatic carbocycles. The Balaban J connectivity index is 2.09. The van der Waals surface area contributed by atoms with E-state index < -0.39 is 0 Å². The molecule has 2 aromatic rings. The van der Waals surface area contributed by atoms with Crippen LogP contribution in [0.4, 0.5) is 0 Å². The summed E-state index contributed by atoms with van der Waals surface area (Å²) in [6.45, 7) is 2.22. The quantitative estimate of drug-likeness (QED) is 0.895. The zero-order chi connectivity index (χ0) is 13.0. The summed E-state index contributed by atoms with van der Waals surface area (Å²) in [5.74, 6) is 0.778. The third-order valence-corrected chi connectivity index (χ3v) is 2.38. The first-order chi connectivity index (χ1) is 8.67. The van der Waals surface area contributed by atoms with Gasteiger partial charge in [-0.05, 0) is 42.3 Å². The fourth-order valence-corrected chi connectivity index (χ4v) is 1.60. The smallest absolute Gasteiger partial charge is 0.140 e. The maximum atomic E-state index is 9.44. The Hall–Kier alpha value is -2.54. The van der Waals surface area contributed by atoms with Crippen LogP contribution in [0.1, 0.15) is 16.8 Å². The van der Waals surface area contributed by atoms with E-state index in [1.54, 1.807) is 30.5 Å². The van der Waals surface area contributed by atoms with Gasteiger partial charge in [-0.2, -0.15) is 5.26 Å². The van der Waals surface area contributed by atoms with Crippen LogP contribution in [-0.2, 0) is 6.61 Å². The Morgan fingerprint density at radius 3 is 2.89 bits per heavy atom. The van der Waals surface area contributed by atoms with Gasteiger partial charge in [0.2, 0.25) is 0 Å². The van der Waals surface area contributed by atoms with Gasteiger partial charge < -0.3 is 9.84 Å². The minimum Gasteiger partial charge on any atom is -0.508 e. The van der Waals surface area contributed by atoms with Gasteiger partial charge in [0, 0.05) is 12.3 Å². The van der Waals surface area contributed by atoms with Crippen LogP contribution in [0.25, 0.3) is 0 Å². The number of pyridine rings is 1. The first-order valence-corrected chi connectivity index (χ1v) is 5.46. The molecule has 0 unspecified atom stereocenters. The second-order valence-electron chi connectivity index (χ2n) is 3.95. The monoisotopic (exact) mass is 240 g/mol. The third-order valence-electron chi connectivity index (χ3n) is 2.38. The topological polar surface area (TPSA) is 66.1 Å². The van der Waals surface area contributed by atoms with Crippen molar-refractivity contribution in [2.75, 3.05) is 0 Å². The molecule has 0 radical (unpaired) electrons. The molecule has 0 bridgehead atoms. The normalized spacial score (nSPS) is 9.78. The minimum atomic E-state index is 0.178. The molecule has 0 aliphatic rings. The van der Waals surface area contributed by atoms with Crippen LogP contribution in [-0.4, -0.2) is 10.1 Å². The van der Waals surface area contributed by atoms with Crippen molar-refractivity contribution in [1.82, 2.24) is 4.98 Å². The molecule has 0 amide bonds. The van der Waals surface area contributed by atoms with Crippen LogP contribution in [0, 0.1) is 18.3 Å². The highest BCUT2D eigenvalue weighted by atomic mass is 16.5. The van der Waals surface area contributed by atoms with Crippen molar-refractivity contribution in [2.45, 2.75) is 13.5 Å². The Morgan fingerprint density at radius 1 is 1.33 bits per heavy atom. The van der Waals surface area contributed by atoms with E-state index in [0.29, 0.717) is 18.1 Å². The van der Waals surface area contributed by atoms with E-state index >= 15 is 0 Å². The highest BCUT2D eigenvalue weighted by molar-refractivity contribution is 5.37. The molecule has 90 valence electrons. The summed E-state index contributed by atoms with van der Waals surface area (Å²) in [5.41, 5.74) is 2.16. The Morgan fingerprint density at radius 2 is 2.17 bits per heavy atom. The minimum absolute atomic E-state index is 0.178. The van der Waals surface area contributed by atoms with Crippen LogP contribution in [0.15, 0.2) is 36.5 Å². The summed E-state index contributed by atoms with van der Waals surface area (Å²) in [6.07, 6.45) is 1.57. The lowest BCUT2D eigenvalue weighted by Crippen LogP contribution is -1.97. The molecule has 4 heteroatoms. The van der Waals surface area contributed by atoms with Gasteiger partial charge in [-0.3, -0.25) is 0 Å². The molecule has 1 aromatic heterocycles. The number of aromatic hydroxyl groups is 1. The fourth-order valence-electron chi connectivity index (χ4n) is 1.60. The van der Waals surface area contributed by atoms with Crippen molar-refractivity contribution in [1.29, 1.82) is 5.26 Å². The first kappa shape index (κ1) is 11.9. The van der Waals surface area contributed by atoms with E-state index in [1.165, 1.54) is 0 Å². The molecule has 2 rings (SSSR count). The second-order valence-corrected chi connectivity index (χ2v) is 3.95. The van der Waals surface area contributed by atoms with Crippen LogP contribution in [0.3, 0.4) is 0 Å². The van der Waals surface area contributed by atoms with Crippen LogP contribution >= 0.6 is 0 Å². The van der Waals surface area contributed by atoms with E-state index in [-0.39, 0.29) is 5.75 Å². The maximum absolute atomic E-state index is 9.44. The van der Waals surface area contributed by atoms with Gasteiger partial charge in [-0.25, -0.2) is 4.98 Å². The van der Waals surface area contributed by atoms with Gasteiger partial charge in [-0.1, -0.05) is 0 Å². The molecular formula is C14H12N2O2. The lowest BCUT2D eigenvalue weighted by molar-refractivity contribution is 0.304. The predicted molar refractivity (Wildman–Crippen MR) is 66.1 cm³/mol. The molecular weight excluding hydrogens is 228 g/mol. The van der Waals surface area contributed by atoms with Crippen LogP contribution < -0.4 is 4.74 Å². The number of aryl methyl sites for hydroxylation is 1. The Labute approximate surface area is 105 Å². The molecule has 0 aliphatic heterocycles. The molecule has 18 heavy (non-hydrogen) atoms. The average molecular weight is 240 g/mol. The van der Waals surface area contributed by atoms with Gasteiger partial charge in [0.05, 0.1) is 0 Å². The maximum Gasteiger partial charge on any atom is 0.140 e. The number of phenols is 1. The summed E-state index contributed by atoms with van der Waals surface area (Å²) < 4.78 is 5.56. The highest BCUT2D eigenvalue weighted by Gasteiger charge is 2.01. The number of nitrogens with zero attached hydrogens (tertiary/aromatic N) is 2. The van der Waals surface area contributed by atoms with E-state index in [9.17, 15) is 5.11 Å². The largest absolute Gasteiger partial charge is 0.508 e. The van der Waals surface area contributed by atoms with E-state index in [2.05, 4.69) is 4.98 Å². The molecule has 1 heterocycles. The average Bonchev–Trinajstić information content (AvgIpc) is 2.35. The van der Waals surface area contributed by atoms with Crippen LogP contribution in [0.5, 0.6) is 11.5 Å². The molecule has 0 spiro atoms. The Bertz CT molecular complexity index is 583. The molecule has 0 fully saturated rings. The van der Waals surface area contributed by atoms with Gasteiger partial charge in [0.1, 0.15) is 29.9 Å². The summed E-state index contributed by atoms with van der Waals surface area (Å²) in [5, 5.41) is 18.2. The molecule has 0 saturated carbocycles. The number of ether oxygens (including phenoxy) is 1. The zero-order valence-electron chi connectivity index (χ0n) is 9.92. The lowest BCUT2D eigenvalue weighted by Gasteiger charge is -2.07. The molecule has 0 saturated heterocycles. The lowest BCUT2D eigenvalue weighted by atomic mass is 10.2. The molecule has 1 aromatic carbocycles. The summed E-state index contributed by atoms with van der Waals surface area (Å²) in [4.78, 5) is 3.88. The van der Waals surface area contributed by atoms with Crippen molar-refractivity contribution >= 4 is 0 Å². The zero-order valence-corrected chi connectivity index (χ0v) is 9.92. The van der Waals surface area contributed by atoms with Crippen molar-refractivity contribution in [3.63, 3.8) is 0 Å². The number of benzene rings is 1. The molecule has 4 nitrogen and oxygen atoms in total. The predicted octanol–water partition coefficient (Wildman–Crippen LogP) is 2.55. The molecule has 0 atom stereocenters.